The zero-order valence-corrected chi connectivity index (χ0v) is 16.0. The standard InChI is InChI=1S/C17H20F2N4O4S/c1-2-3-26-16(28)20-6-11-7-23(17(25)27-11)10-4-12(18)15(13(19)5-10)22-8-14(24)21-9-22/h4-5,11H,2-3,6-9H2,1H3,(H,20,28)(H,21,24)/t11-/m0/s1. The van der Waals surface area contributed by atoms with E-state index in [-0.39, 0.29) is 48.8 Å². The van der Waals surface area contributed by atoms with Crippen molar-refractivity contribution < 1.29 is 27.8 Å². The van der Waals surface area contributed by atoms with Crippen LogP contribution in [-0.4, -0.2) is 56.2 Å². The second-order valence-corrected chi connectivity index (χ2v) is 6.72. The van der Waals surface area contributed by atoms with E-state index in [1.54, 1.807) is 0 Å². The summed E-state index contributed by atoms with van der Waals surface area (Å²) < 4.78 is 39.4. The number of hydrogen-bond acceptors (Lipinski definition) is 6. The lowest BCUT2D eigenvalue weighted by Crippen LogP contribution is -2.35. The molecule has 2 fully saturated rings. The maximum atomic E-state index is 14.5. The summed E-state index contributed by atoms with van der Waals surface area (Å²) in [5.41, 5.74) is -0.277. The Kier molecular flexibility index (Phi) is 6.12. The molecular weight excluding hydrogens is 394 g/mol. The summed E-state index contributed by atoms with van der Waals surface area (Å²) in [6, 6.07) is 2.10. The first-order valence-corrected chi connectivity index (χ1v) is 9.19. The molecule has 2 aliphatic heterocycles. The smallest absolute Gasteiger partial charge is 0.414 e. The zero-order chi connectivity index (χ0) is 20.3. The number of benzene rings is 1. The van der Waals surface area contributed by atoms with Gasteiger partial charge < -0.3 is 25.0 Å². The molecule has 0 spiro atoms. The summed E-state index contributed by atoms with van der Waals surface area (Å²) in [6.07, 6.45) is -0.457. The van der Waals surface area contributed by atoms with Crippen LogP contribution in [-0.2, 0) is 14.3 Å². The fourth-order valence-corrected chi connectivity index (χ4v) is 3.09. The first-order chi connectivity index (χ1) is 13.4. The highest BCUT2D eigenvalue weighted by molar-refractivity contribution is 7.80. The Morgan fingerprint density at radius 2 is 2.11 bits per heavy atom. The number of cyclic esters (lactones) is 1. The summed E-state index contributed by atoms with van der Waals surface area (Å²) in [5, 5.41) is 5.52. The number of carbonyl (C=O) groups excluding carboxylic acids is 2. The van der Waals surface area contributed by atoms with Crippen molar-refractivity contribution in [3.8, 4) is 0 Å². The van der Waals surface area contributed by atoms with Crippen molar-refractivity contribution in [3.05, 3.63) is 23.8 Å². The zero-order valence-electron chi connectivity index (χ0n) is 15.2. The lowest BCUT2D eigenvalue weighted by Gasteiger charge is -2.20. The van der Waals surface area contributed by atoms with Gasteiger partial charge in [0.15, 0.2) is 11.6 Å². The highest BCUT2D eigenvalue weighted by Crippen LogP contribution is 2.31. The average molecular weight is 414 g/mol. The molecule has 0 bridgehead atoms. The maximum absolute atomic E-state index is 14.5. The Hall–Kier alpha value is -2.69. The molecule has 8 nitrogen and oxygen atoms in total. The number of amides is 2. The Labute approximate surface area is 165 Å². The van der Waals surface area contributed by atoms with Gasteiger partial charge >= 0.3 is 6.09 Å². The van der Waals surface area contributed by atoms with Crippen molar-refractivity contribution in [2.45, 2.75) is 19.4 Å². The fraction of sp³-hybridized carbons (Fsp3) is 0.471. The van der Waals surface area contributed by atoms with E-state index in [1.807, 2.05) is 6.92 Å². The van der Waals surface area contributed by atoms with Crippen LogP contribution in [0.25, 0.3) is 0 Å². The highest BCUT2D eigenvalue weighted by Gasteiger charge is 2.34. The number of nitrogens with one attached hydrogen (secondary N) is 2. The normalized spacial score (nSPS) is 18.9. The minimum Gasteiger partial charge on any atom is -0.471 e. The summed E-state index contributed by atoms with van der Waals surface area (Å²) in [6.45, 7) is 2.63. The van der Waals surface area contributed by atoms with Gasteiger partial charge in [-0.2, -0.15) is 0 Å². The van der Waals surface area contributed by atoms with Gasteiger partial charge in [0.05, 0.1) is 38.6 Å². The largest absolute Gasteiger partial charge is 0.471 e. The molecule has 2 aliphatic rings. The molecule has 2 N–H and O–H groups in total. The number of carbonyl (C=O) groups is 2. The van der Waals surface area contributed by atoms with Crippen LogP contribution in [0.1, 0.15) is 13.3 Å². The van der Waals surface area contributed by atoms with E-state index in [9.17, 15) is 18.4 Å². The third kappa shape index (κ3) is 4.41. The number of halogens is 2. The van der Waals surface area contributed by atoms with Crippen molar-refractivity contribution in [2.75, 3.05) is 42.7 Å². The molecule has 1 aromatic rings. The summed E-state index contributed by atoms with van der Waals surface area (Å²) in [5.74, 6) is -2.05. The maximum Gasteiger partial charge on any atom is 0.414 e. The average Bonchev–Trinajstić information content (AvgIpc) is 3.23. The van der Waals surface area contributed by atoms with Crippen LogP contribution in [0.15, 0.2) is 12.1 Å². The van der Waals surface area contributed by atoms with Crippen molar-refractivity contribution in [3.63, 3.8) is 0 Å². The number of hydrogen-bond donors (Lipinski definition) is 2. The van der Waals surface area contributed by atoms with Crippen LogP contribution in [0, 0.1) is 11.6 Å². The number of ether oxygens (including phenoxy) is 2. The molecule has 28 heavy (non-hydrogen) atoms. The number of thiocarbonyl (C=S) groups is 1. The number of anilines is 2. The van der Waals surface area contributed by atoms with Crippen LogP contribution >= 0.6 is 12.2 Å². The van der Waals surface area contributed by atoms with Gasteiger partial charge in [-0.15, -0.1) is 0 Å². The van der Waals surface area contributed by atoms with E-state index in [0.29, 0.717) is 6.61 Å². The molecule has 2 heterocycles. The third-order valence-corrected chi connectivity index (χ3v) is 4.48. The molecule has 0 aliphatic carbocycles. The topological polar surface area (TPSA) is 83.1 Å². The van der Waals surface area contributed by atoms with Gasteiger partial charge in [-0.05, 0) is 18.6 Å². The first-order valence-electron chi connectivity index (χ1n) is 8.78. The molecule has 0 unspecified atom stereocenters. The van der Waals surface area contributed by atoms with Crippen LogP contribution in [0.2, 0.25) is 0 Å². The van der Waals surface area contributed by atoms with Crippen molar-refractivity contribution >= 4 is 40.8 Å². The van der Waals surface area contributed by atoms with E-state index in [2.05, 4.69) is 10.6 Å². The molecule has 1 aromatic carbocycles. The van der Waals surface area contributed by atoms with Gasteiger partial charge in [0.2, 0.25) is 5.91 Å². The Balaban J connectivity index is 1.66. The predicted octanol–water partition coefficient (Wildman–Crippen LogP) is 1.48. The van der Waals surface area contributed by atoms with Gasteiger partial charge in [-0.25, -0.2) is 13.6 Å². The predicted molar refractivity (Wildman–Crippen MR) is 101 cm³/mol. The Morgan fingerprint density at radius 3 is 2.71 bits per heavy atom. The van der Waals surface area contributed by atoms with Crippen molar-refractivity contribution in [1.29, 1.82) is 0 Å². The van der Waals surface area contributed by atoms with E-state index in [4.69, 9.17) is 21.7 Å². The second-order valence-electron chi connectivity index (χ2n) is 6.35. The quantitative estimate of drug-likeness (QED) is 0.683. The molecule has 1 atom stereocenters. The third-order valence-electron chi connectivity index (χ3n) is 4.22. The van der Waals surface area contributed by atoms with Crippen LogP contribution < -0.4 is 20.4 Å². The van der Waals surface area contributed by atoms with Crippen LogP contribution in [0.3, 0.4) is 0 Å². The highest BCUT2D eigenvalue weighted by atomic mass is 32.1. The summed E-state index contributed by atoms with van der Waals surface area (Å²) in [7, 11) is 0. The van der Waals surface area contributed by atoms with Crippen LogP contribution in [0.4, 0.5) is 25.0 Å². The molecule has 0 radical (unpaired) electrons. The Morgan fingerprint density at radius 1 is 1.39 bits per heavy atom. The summed E-state index contributed by atoms with van der Waals surface area (Å²) in [4.78, 5) is 25.8. The number of rotatable bonds is 6. The van der Waals surface area contributed by atoms with E-state index < -0.39 is 23.8 Å². The van der Waals surface area contributed by atoms with Gasteiger partial charge in [0, 0.05) is 12.1 Å². The van der Waals surface area contributed by atoms with Gasteiger partial charge in [0.1, 0.15) is 11.8 Å². The first kappa shape index (κ1) is 20.1. The molecule has 2 amide bonds. The fourth-order valence-electron chi connectivity index (χ4n) is 2.92. The molecule has 3 rings (SSSR count). The number of nitrogens with zero attached hydrogens (tertiary/aromatic N) is 2. The second kappa shape index (κ2) is 8.55. The van der Waals surface area contributed by atoms with Crippen molar-refractivity contribution in [2.24, 2.45) is 0 Å². The Bertz CT molecular complexity index is 771. The SMILES string of the molecule is CCCOC(=S)NC[C@H]1CN(c2cc(F)c(N3CNC(=O)C3)c(F)c2)C(=O)O1. The molecule has 152 valence electrons. The van der Waals surface area contributed by atoms with E-state index >= 15 is 0 Å². The van der Waals surface area contributed by atoms with Gasteiger partial charge in [-0.1, -0.05) is 6.92 Å². The summed E-state index contributed by atoms with van der Waals surface area (Å²) >= 11 is 5.00. The lowest BCUT2D eigenvalue weighted by molar-refractivity contribution is -0.118. The molecule has 2 saturated heterocycles. The molecule has 0 saturated carbocycles. The van der Waals surface area contributed by atoms with Crippen molar-refractivity contribution in [1.82, 2.24) is 10.6 Å². The monoisotopic (exact) mass is 414 g/mol. The lowest BCUT2D eigenvalue weighted by atomic mass is 10.2. The molecule has 11 heteroatoms. The minimum atomic E-state index is -0.866. The van der Waals surface area contributed by atoms with E-state index in [1.165, 1.54) is 4.90 Å². The molecular formula is C17H20F2N4O4S. The van der Waals surface area contributed by atoms with Crippen LogP contribution in [0.5, 0.6) is 0 Å². The van der Waals surface area contributed by atoms with E-state index in [0.717, 1.165) is 23.5 Å². The minimum absolute atomic E-state index is 0.0194. The van der Waals surface area contributed by atoms with Gasteiger partial charge in [0.25, 0.3) is 5.17 Å². The van der Waals surface area contributed by atoms with Gasteiger partial charge in [-0.3, -0.25) is 9.69 Å². The molecule has 0 aromatic heterocycles.